The zero-order valence-corrected chi connectivity index (χ0v) is 7.72. The van der Waals surface area contributed by atoms with Crippen molar-refractivity contribution in [1.29, 1.82) is 0 Å². The average Bonchev–Trinajstić information content (AvgIpc) is 2.01. The van der Waals surface area contributed by atoms with Crippen molar-refractivity contribution in [1.82, 2.24) is 0 Å². The summed E-state index contributed by atoms with van der Waals surface area (Å²) in [6.07, 6.45) is 0. The summed E-state index contributed by atoms with van der Waals surface area (Å²) < 4.78 is 0. The molecule has 0 spiro atoms. The normalized spacial score (nSPS) is 9.50. The topological polar surface area (TPSA) is 12.0 Å². The molecule has 1 aromatic carbocycles. The molecule has 1 aromatic rings. The van der Waals surface area contributed by atoms with Crippen molar-refractivity contribution in [2.45, 2.75) is 13.8 Å². The lowest BCUT2D eigenvalue weighted by molar-refractivity contribution is 1.21. The van der Waals surface area contributed by atoms with Gasteiger partial charge in [0.15, 0.2) is 0 Å². The van der Waals surface area contributed by atoms with Gasteiger partial charge in [0.1, 0.15) is 0 Å². The number of aryl methyl sites for hydroxylation is 1. The van der Waals surface area contributed by atoms with E-state index in [1.807, 2.05) is 6.92 Å². The summed E-state index contributed by atoms with van der Waals surface area (Å²) in [5.41, 5.74) is 3.59. The van der Waals surface area contributed by atoms with Crippen molar-refractivity contribution in [3.8, 4) is 0 Å². The monoisotopic (exact) mass is 161 g/mol. The van der Waals surface area contributed by atoms with E-state index < -0.39 is 0 Å². The molecule has 0 unspecified atom stereocenters. The van der Waals surface area contributed by atoms with Gasteiger partial charge in [0.05, 0.1) is 0 Å². The molecule has 0 fully saturated rings. The molecule has 12 heavy (non-hydrogen) atoms. The van der Waals surface area contributed by atoms with Gasteiger partial charge in [-0.25, -0.2) is 0 Å². The number of anilines is 1. The first-order chi connectivity index (χ1) is 5.68. The molecular weight excluding hydrogens is 146 g/mol. The highest BCUT2D eigenvalue weighted by Crippen LogP contribution is 2.09. The molecule has 0 radical (unpaired) electrons. The van der Waals surface area contributed by atoms with E-state index >= 15 is 0 Å². The summed E-state index contributed by atoms with van der Waals surface area (Å²) >= 11 is 0. The Balaban J connectivity index is 2.57. The standard InChI is InChI=1S/C11H15N/c1-9(2)8-12-11-6-4-5-10(3)7-11/h4-7,12H,1,8H2,2-3H3. The number of benzene rings is 1. The van der Waals surface area contributed by atoms with Crippen molar-refractivity contribution in [3.63, 3.8) is 0 Å². The molecule has 0 aliphatic rings. The van der Waals surface area contributed by atoms with Gasteiger partial charge in [-0.05, 0) is 31.5 Å². The third-order valence-corrected chi connectivity index (χ3v) is 1.61. The Bertz CT molecular complexity index is 276. The first-order valence-electron chi connectivity index (χ1n) is 4.13. The highest BCUT2D eigenvalue weighted by molar-refractivity contribution is 5.46. The zero-order valence-electron chi connectivity index (χ0n) is 7.72. The van der Waals surface area contributed by atoms with Gasteiger partial charge in [-0.15, -0.1) is 0 Å². The molecule has 0 aromatic heterocycles. The predicted octanol–water partition coefficient (Wildman–Crippen LogP) is 2.98. The largest absolute Gasteiger partial charge is 0.381 e. The van der Waals surface area contributed by atoms with Crippen molar-refractivity contribution < 1.29 is 0 Å². The van der Waals surface area contributed by atoms with Crippen LogP contribution in [0.25, 0.3) is 0 Å². The number of hydrogen-bond acceptors (Lipinski definition) is 1. The summed E-state index contributed by atoms with van der Waals surface area (Å²) in [4.78, 5) is 0. The van der Waals surface area contributed by atoms with E-state index in [4.69, 9.17) is 0 Å². The molecule has 64 valence electrons. The Hall–Kier alpha value is -1.24. The van der Waals surface area contributed by atoms with Gasteiger partial charge < -0.3 is 5.32 Å². The maximum absolute atomic E-state index is 3.83. The van der Waals surface area contributed by atoms with Crippen LogP contribution < -0.4 is 5.32 Å². The lowest BCUT2D eigenvalue weighted by atomic mass is 10.2. The molecule has 0 bridgehead atoms. The Labute approximate surface area is 74.1 Å². The fourth-order valence-electron chi connectivity index (χ4n) is 1.01. The molecule has 0 atom stereocenters. The molecule has 0 aliphatic heterocycles. The van der Waals surface area contributed by atoms with E-state index in [0.717, 1.165) is 17.8 Å². The van der Waals surface area contributed by atoms with E-state index in [2.05, 4.69) is 43.1 Å². The highest BCUT2D eigenvalue weighted by atomic mass is 14.9. The first kappa shape index (κ1) is 8.85. The highest BCUT2D eigenvalue weighted by Gasteiger charge is 1.90. The third kappa shape index (κ3) is 2.79. The Morgan fingerprint density at radius 1 is 1.50 bits per heavy atom. The minimum absolute atomic E-state index is 0.851. The molecule has 1 N–H and O–H groups in total. The van der Waals surface area contributed by atoms with E-state index in [9.17, 15) is 0 Å². The second kappa shape index (κ2) is 3.96. The van der Waals surface area contributed by atoms with Crippen LogP contribution in [-0.4, -0.2) is 6.54 Å². The lowest BCUT2D eigenvalue weighted by Gasteiger charge is -2.05. The van der Waals surface area contributed by atoms with E-state index in [1.54, 1.807) is 0 Å². The van der Waals surface area contributed by atoms with Gasteiger partial charge in [-0.3, -0.25) is 0 Å². The molecule has 0 saturated carbocycles. The van der Waals surface area contributed by atoms with Crippen LogP contribution in [0.2, 0.25) is 0 Å². The van der Waals surface area contributed by atoms with Crippen molar-refractivity contribution in [2.24, 2.45) is 0 Å². The fraction of sp³-hybridized carbons (Fsp3) is 0.273. The van der Waals surface area contributed by atoms with Crippen LogP contribution in [0, 0.1) is 6.92 Å². The van der Waals surface area contributed by atoms with Crippen LogP contribution in [0.15, 0.2) is 36.4 Å². The van der Waals surface area contributed by atoms with E-state index in [1.165, 1.54) is 5.56 Å². The van der Waals surface area contributed by atoms with Crippen molar-refractivity contribution >= 4 is 5.69 Å². The molecular formula is C11H15N. The first-order valence-corrected chi connectivity index (χ1v) is 4.13. The van der Waals surface area contributed by atoms with Gasteiger partial charge >= 0.3 is 0 Å². The maximum atomic E-state index is 3.83. The number of nitrogens with one attached hydrogen (secondary N) is 1. The minimum Gasteiger partial charge on any atom is -0.381 e. The van der Waals surface area contributed by atoms with Crippen molar-refractivity contribution in [2.75, 3.05) is 11.9 Å². The van der Waals surface area contributed by atoms with Crippen LogP contribution in [0.1, 0.15) is 12.5 Å². The van der Waals surface area contributed by atoms with Gasteiger partial charge in [0.2, 0.25) is 0 Å². The van der Waals surface area contributed by atoms with Crippen LogP contribution in [0.3, 0.4) is 0 Å². The quantitative estimate of drug-likeness (QED) is 0.672. The molecule has 1 nitrogen and oxygen atoms in total. The Kier molecular flexibility index (Phi) is 2.92. The van der Waals surface area contributed by atoms with Gasteiger partial charge in [0.25, 0.3) is 0 Å². The molecule has 0 heterocycles. The van der Waals surface area contributed by atoms with Crippen LogP contribution >= 0.6 is 0 Å². The lowest BCUT2D eigenvalue weighted by Crippen LogP contribution is -2.01. The zero-order chi connectivity index (χ0) is 8.97. The Morgan fingerprint density at radius 3 is 2.83 bits per heavy atom. The number of hydrogen-bond donors (Lipinski definition) is 1. The number of rotatable bonds is 3. The second-order valence-corrected chi connectivity index (χ2v) is 3.18. The third-order valence-electron chi connectivity index (χ3n) is 1.61. The molecule has 0 amide bonds. The molecule has 1 heteroatoms. The van der Waals surface area contributed by atoms with Crippen LogP contribution in [-0.2, 0) is 0 Å². The summed E-state index contributed by atoms with van der Waals surface area (Å²) in [5, 5.41) is 3.29. The van der Waals surface area contributed by atoms with E-state index in [-0.39, 0.29) is 0 Å². The summed E-state index contributed by atoms with van der Waals surface area (Å²) in [6.45, 7) is 8.79. The van der Waals surface area contributed by atoms with Crippen molar-refractivity contribution in [3.05, 3.63) is 42.0 Å². The fourth-order valence-corrected chi connectivity index (χ4v) is 1.01. The SMILES string of the molecule is C=C(C)CNc1cccc(C)c1. The van der Waals surface area contributed by atoms with Gasteiger partial charge in [-0.2, -0.15) is 0 Å². The smallest absolute Gasteiger partial charge is 0.0354 e. The minimum atomic E-state index is 0.851. The predicted molar refractivity (Wildman–Crippen MR) is 54.5 cm³/mol. The molecule has 0 aliphatic carbocycles. The summed E-state index contributed by atoms with van der Waals surface area (Å²) in [6, 6.07) is 8.33. The Morgan fingerprint density at radius 2 is 2.25 bits per heavy atom. The summed E-state index contributed by atoms with van der Waals surface area (Å²) in [5.74, 6) is 0. The van der Waals surface area contributed by atoms with Gasteiger partial charge in [-0.1, -0.05) is 24.3 Å². The molecule has 1 rings (SSSR count). The molecule has 0 saturated heterocycles. The van der Waals surface area contributed by atoms with E-state index in [0.29, 0.717) is 0 Å². The maximum Gasteiger partial charge on any atom is 0.0354 e. The second-order valence-electron chi connectivity index (χ2n) is 3.18. The van der Waals surface area contributed by atoms with Crippen LogP contribution in [0.5, 0.6) is 0 Å². The van der Waals surface area contributed by atoms with Gasteiger partial charge in [0, 0.05) is 12.2 Å². The van der Waals surface area contributed by atoms with Crippen LogP contribution in [0.4, 0.5) is 5.69 Å². The summed E-state index contributed by atoms with van der Waals surface area (Å²) in [7, 11) is 0. The average molecular weight is 161 g/mol.